The summed E-state index contributed by atoms with van der Waals surface area (Å²) >= 11 is 1.64. The van der Waals surface area contributed by atoms with Gasteiger partial charge in [-0.25, -0.2) is 0 Å². The zero-order valence-corrected chi connectivity index (χ0v) is 7.91. The van der Waals surface area contributed by atoms with Crippen molar-refractivity contribution in [2.45, 2.75) is 19.8 Å². The van der Waals surface area contributed by atoms with Crippen molar-refractivity contribution in [3.05, 3.63) is 21.7 Å². The van der Waals surface area contributed by atoms with Crippen LogP contribution in [0.25, 0.3) is 0 Å². The van der Waals surface area contributed by atoms with Crippen molar-refractivity contribution in [3.8, 4) is 0 Å². The van der Waals surface area contributed by atoms with Gasteiger partial charge in [-0.05, 0) is 0 Å². The Morgan fingerprint density at radius 3 is 2.75 bits per heavy atom. The van der Waals surface area contributed by atoms with Crippen molar-refractivity contribution in [3.63, 3.8) is 0 Å². The first kappa shape index (κ1) is 6.29. The SMILES string of the molecule is CCC1=[C]([W])CC=C1. The minimum atomic E-state index is 1.22. The molecule has 0 spiro atoms. The van der Waals surface area contributed by atoms with Crippen molar-refractivity contribution in [2.24, 2.45) is 0 Å². The summed E-state index contributed by atoms with van der Waals surface area (Å²) in [6.07, 6.45) is 6.94. The molecule has 0 nitrogen and oxygen atoms in total. The van der Waals surface area contributed by atoms with Crippen LogP contribution in [-0.4, -0.2) is 0 Å². The van der Waals surface area contributed by atoms with E-state index < -0.39 is 0 Å². The van der Waals surface area contributed by atoms with Gasteiger partial charge in [0.25, 0.3) is 0 Å². The summed E-state index contributed by atoms with van der Waals surface area (Å²) in [5.74, 6) is 0. The van der Waals surface area contributed by atoms with E-state index in [1.54, 1.807) is 29.3 Å². The van der Waals surface area contributed by atoms with E-state index in [4.69, 9.17) is 0 Å². The molecular formula is C7H9W. The fraction of sp³-hybridized carbons (Fsp3) is 0.429. The Kier molecular flexibility index (Phi) is 2.07. The molecule has 0 N–H and O–H groups in total. The fourth-order valence-corrected chi connectivity index (χ4v) is 1.96. The van der Waals surface area contributed by atoms with Crippen LogP contribution in [0.4, 0.5) is 0 Å². The Morgan fingerprint density at radius 1 is 1.75 bits per heavy atom. The second kappa shape index (κ2) is 2.64. The zero-order valence-electron chi connectivity index (χ0n) is 4.98. The Balaban J connectivity index is 2.70. The molecule has 1 aliphatic rings. The van der Waals surface area contributed by atoms with Gasteiger partial charge in [-0.2, -0.15) is 0 Å². The Morgan fingerprint density at radius 2 is 2.50 bits per heavy atom. The molecule has 1 rings (SSSR count). The molecule has 0 aliphatic heterocycles. The molecule has 0 amide bonds. The van der Waals surface area contributed by atoms with Crippen LogP contribution < -0.4 is 0 Å². The molecule has 0 aromatic rings. The molecule has 43 valence electrons. The third-order valence-corrected chi connectivity index (χ3v) is 2.90. The van der Waals surface area contributed by atoms with Gasteiger partial charge >= 0.3 is 61.3 Å². The molecule has 0 saturated carbocycles. The normalized spacial score (nSPS) is 18.1. The van der Waals surface area contributed by atoms with Gasteiger partial charge < -0.3 is 0 Å². The van der Waals surface area contributed by atoms with E-state index in [1.807, 2.05) is 0 Å². The van der Waals surface area contributed by atoms with Gasteiger partial charge in [0.15, 0.2) is 0 Å². The van der Waals surface area contributed by atoms with E-state index in [0.29, 0.717) is 0 Å². The summed E-state index contributed by atoms with van der Waals surface area (Å²) in [7, 11) is 0. The van der Waals surface area contributed by atoms with Gasteiger partial charge in [-0.3, -0.25) is 0 Å². The Labute approximate surface area is 61.6 Å². The van der Waals surface area contributed by atoms with Crippen LogP contribution in [0.3, 0.4) is 0 Å². The van der Waals surface area contributed by atoms with E-state index >= 15 is 0 Å². The van der Waals surface area contributed by atoms with Crippen LogP contribution in [0.15, 0.2) is 21.7 Å². The molecule has 1 aliphatic carbocycles. The minimum absolute atomic E-state index is 1.22. The van der Waals surface area contributed by atoms with Crippen molar-refractivity contribution in [2.75, 3.05) is 0 Å². The van der Waals surface area contributed by atoms with Gasteiger partial charge in [0.1, 0.15) is 0 Å². The van der Waals surface area contributed by atoms with E-state index in [-0.39, 0.29) is 0 Å². The van der Waals surface area contributed by atoms with Crippen molar-refractivity contribution < 1.29 is 19.8 Å². The number of hydrogen-bond acceptors (Lipinski definition) is 0. The van der Waals surface area contributed by atoms with Crippen LogP contribution in [0.2, 0.25) is 0 Å². The fourth-order valence-electron chi connectivity index (χ4n) is 0.847. The predicted molar refractivity (Wildman–Crippen MR) is 31.1 cm³/mol. The van der Waals surface area contributed by atoms with Gasteiger partial charge in [0, 0.05) is 0 Å². The zero-order chi connectivity index (χ0) is 5.98. The summed E-state index contributed by atoms with van der Waals surface area (Å²) in [5.41, 5.74) is 1.57. The molecule has 0 bridgehead atoms. The second-order valence-electron chi connectivity index (χ2n) is 1.91. The molecular weight excluding hydrogens is 268 g/mol. The maximum absolute atomic E-state index is 2.25. The van der Waals surface area contributed by atoms with E-state index in [1.165, 1.54) is 12.8 Å². The van der Waals surface area contributed by atoms with Crippen molar-refractivity contribution >= 4 is 0 Å². The van der Waals surface area contributed by atoms with Crippen molar-refractivity contribution in [1.29, 1.82) is 0 Å². The average molecular weight is 277 g/mol. The monoisotopic (exact) mass is 277 g/mol. The van der Waals surface area contributed by atoms with Crippen LogP contribution in [0.5, 0.6) is 0 Å². The second-order valence-corrected chi connectivity index (χ2v) is 3.68. The molecule has 8 heavy (non-hydrogen) atoms. The average Bonchev–Trinajstić information content (AvgIpc) is 2.14. The third kappa shape index (κ3) is 1.11. The van der Waals surface area contributed by atoms with Gasteiger partial charge in [0.2, 0.25) is 0 Å². The number of allylic oxidation sites excluding steroid dienone is 4. The van der Waals surface area contributed by atoms with Gasteiger partial charge in [-0.1, -0.05) is 0 Å². The predicted octanol–water partition coefficient (Wildman–Crippen LogP) is 2.16. The quantitative estimate of drug-likeness (QED) is 0.689. The molecule has 1 heteroatoms. The first-order valence-electron chi connectivity index (χ1n) is 2.90. The Hall–Kier alpha value is 0.168. The van der Waals surface area contributed by atoms with Gasteiger partial charge in [-0.15, -0.1) is 0 Å². The number of hydrogen-bond donors (Lipinski definition) is 0. The molecule has 0 atom stereocenters. The standard InChI is InChI=1S/C7H9.W/c1-2-7-5-3-4-6-7;/h3,5H,2,4H2,1H3;. The van der Waals surface area contributed by atoms with Crippen LogP contribution in [0.1, 0.15) is 19.8 Å². The maximum atomic E-state index is 2.25. The molecule has 0 unspecified atom stereocenters. The summed E-state index contributed by atoms with van der Waals surface area (Å²) in [6, 6.07) is 0. The Bertz CT molecular complexity index is 142. The topological polar surface area (TPSA) is 0 Å². The molecule has 0 heterocycles. The first-order chi connectivity index (χ1) is 3.84. The molecule has 0 saturated heterocycles. The van der Waals surface area contributed by atoms with E-state index in [2.05, 4.69) is 19.1 Å². The van der Waals surface area contributed by atoms with Crippen LogP contribution in [-0.2, 0) is 19.8 Å². The molecule has 0 aromatic carbocycles. The first-order valence-corrected chi connectivity index (χ1v) is 4.37. The van der Waals surface area contributed by atoms with Crippen LogP contribution >= 0.6 is 0 Å². The summed E-state index contributed by atoms with van der Waals surface area (Å²) in [6.45, 7) is 2.22. The van der Waals surface area contributed by atoms with E-state index in [0.717, 1.165) is 0 Å². The summed E-state index contributed by atoms with van der Waals surface area (Å²) in [5, 5.41) is 0. The third-order valence-electron chi connectivity index (χ3n) is 1.36. The van der Waals surface area contributed by atoms with Gasteiger partial charge in [0.05, 0.1) is 0 Å². The number of rotatable bonds is 1. The van der Waals surface area contributed by atoms with Crippen molar-refractivity contribution in [1.82, 2.24) is 0 Å². The summed E-state index contributed by atoms with van der Waals surface area (Å²) in [4.78, 5) is 0. The van der Waals surface area contributed by atoms with Crippen LogP contribution in [0, 0.1) is 0 Å². The molecule has 0 aromatic heterocycles. The van der Waals surface area contributed by atoms with E-state index in [9.17, 15) is 0 Å². The summed E-state index contributed by atoms with van der Waals surface area (Å²) < 4.78 is 1.63. The molecule has 0 radical (unpaired) electrons. The molecule has 0 fully saturated rings.